The molecule has 1 N–H and O–H groups in total. The predicted octanol–water partition coefficient (Wildman–Crippen LogP) is 4.70. The van der Waals surface area contributed by atoms with Crippen LogP contribution in [0.15, 0.2) is 52.9 Å². The van der Waals surface area contributed by atoms with Gasteiger partial charge in [-0.25, -0.2) is 0 Å². The van der Waals surface area contributed by atoms with Crippen molar-refractivity contribution in [3.63, 3.8) is 0 Å². The van der Waals surface area contributed by atoms with Crippen LogP contribution < -0.4 is 5.32 Å². The molecule has 1 aromatic heterocycles. The monoisotopic (exact) mass is 355 g/mol. The fraction of sp³-hybridized carbons (Fsp3) is 0.167. The Balaban J connectivity index is 1.60. The van der Waals surface area contributed by atoms with Crippen LogP contribution >= 0.6 is 23.1 Å². The van der Waals surface area contributed by atoms with Gasteiger partial charge in [-0.3, -0.25) is 4.79 Å². The third kappa shape index (κ3) is 4.43. The molecular weight excluding hydrogens is 338 g/mol. The van der Waals surface area contributed by atoms with Gasteiger partial charge in [0, 0.05) is 17.0 Å². The maximum absolute atomic E-state index is 12.3. The van der Waals surface area contributed by atoms with Crippen molar-refractivity contribution in [3.8, 4) is 0 Å². The molecule has 2 aromatic carbocycles. The number of amides is 1. The first kappa shape index (κ1) is 16.7. The number of aromatic nitrogens is 2. The Morgan fingerprint density at radius 2 is 1.92 bits per heavy atom. The van der Waals surface area contributed by atoms with Crippen LogP contribution in [-0.2, 0) is 5.75 Å². The molecule has 0 atom stereocenters. The summed E-state index contributed by atoms with van der Waals surface area (Å²) in [6.45, 7) is 3.95. The van der Waals surface area contributed by atoms with Crippen LogP contribution in [0.5, 0.6) is 0 Å². The summed E-state index contributed by atoms with van der Waals surface area (Å²) in [5.74, 6) is 0.716. The average Bonchev–Trinajstić information content (AvgIpc) is 2.99. The molecule has 0 spiro atoms. The number of nitrogens with one attached hydrogen (secondary N) is 1. The summed E-state index contributed by atoms with van der Waals surface area (Å²) in [6, 6.07) is 15.4. The lowest BCUT2D eigenvalue weighted by atomic mass is 10.1. The Morgan fingerprint density at radius 1 is 1.12 bits per heavy atom. The second-order valence-corrected chi connectivity index (χ2v) is 7.80. The lowest BCUT2D eigenvalue weighted by Gasteiger charge is -2.07. The summed E-state index contributed by atoms with van der Waals surface area (Å²) in [7, 11) is 0. The van der Waals surface area contributed by atoms with Crippen LogP contribution in [0.1, 0.15) is 26.5 Å². The van der Waals surface area contributed by atoms with E-state index in [9.17, 15) is 4.79 Å². The van der Waals surface area contributed by atoms with Crippen LogP contribution in [0.25, 0.3) is 0 Å². The van der Waals surface area contributed by atoms with Crippen molar-refractivity contribution in [2.75, 3.05) is 5.32 Å². The van der Waals surface area contributed by atoms with E-state index in [1.807, 2.05) is 62.4 Å². The van der Waals surface area contributed by atoms with Gasteiger partial charge in [0.1, 0.15) is 5.01 Å². The lowest BCUT2D eigenvalue weighted by molar-refractivity contribution is 0.102. The number of hydrogen-bond acceptors (Lipinski definition) is 5. The van der Waals surface area contributed by atoms with E-state index in [4.69, 9.17) is 0 Å². The zero-order valence-electron chi connectivity index (χ0n) is 13.4. The van der Waals surface area contributed by atoms with Crippen molar-refractivity contribution < 1.29 is 4.79 Å². The smallest absolute Gasteiger partial charge is 0.255 e. The molecule has 0 aliphatic carbocycles. The van der Waals surface area contributed by atoms with E-state index in [-0.39, 0.29) is 5.91 Å². The highest BCUT2D eigenvalue weighted by atomic mass is 32.2. The topological polar surface area (TPSA) is 54.9 Å². The largest absolute Gasteiger partial charge is 0.322 e. The predicted molar refractivity (Wildman–Crippen MR) is 99.8 cm³/mol. The SMILES string of the molecule is Cc1cccc(NC(=O)c2ccc(CSc3nnc(C)s3)cc2)c1. The minimum atomic E-state index is -0.0976. The van der Waals surface area contributed by atoms with Gasteiger partial charge in [0.05, 0.1) is 0 Å². The Bertz CT molecular complexity index is 843. The van der Waals surface area contributed by atoms with Crippen LogP contribution in [0.4, 0.5) is 5.69 Å². The van der Waals surface area contributed by atoms with E-state index in [0.717, 1.165) is 31.9 Å². The summed E-state index contributed by atoms with van der Waals surface area (Å²) in [6.07, 6.45) is 0. The van der Waals surface area contributed by atoms with Gasteiger partial charge in [-0.1, -0.05) is 47.4 Å². The minimum Gasteiger partial charge on any atom is -0.322 e. The van der Waals surface area contributed by atoms with Crippen LogP contribution in [0.2, 0.25) is 0 Å². The van der Waals surface area contributed by atoms with Crippen LogP contribution in [0.3, 0.4) is 0 Å². The third-order valence-corrected chi connectivity index (χ3v) is 5.41. The van der Waals surface area contributed by atoms with Gasteiger partial charge in [-0.2, -0.15) is 0 Å². The molecule has 0 aliphatic heterocycles. The van der Waals surface area contributed by atoms with Crippen molar-refractivity contribution >= 4 is 34.7 Å². The molecule has 122 valence electrons. The Morgan fingerprint density at radius 3 is 2.58 bits per heavy atom. The fourth-order valence-corrected chi connectivity index (χ4v) is 3.93. The quantitative estimate of drug-likeness (QED) is 0.674. The maximum Gasteiger partial charge on any atom is 0.255 e. The van der Waals surface area contributed by atoms with E-state index in [0.29, 0.717) is 5.56 Å². The normalized spacial score (nSPS) is 10.6. The van der Waals surface area contributed by atoms with Crippen LogP contribution in [-0.4, -0.2) is 16.1 Å². The average molecular weight is 355 g/mol. The number of carbonyl (C=O) groups is 1. The van der Waals surface area contributed by atoms with Gasteiger partial charge >= 0.3 is 0 Å². The van der Waals surface area contributed by atoms with Crippen molar-refractivity contribution in [2.24, 2.45) is 0 Å². The second kappa shape index (κ2) is 7.59. The number of rotatable bonds is 5. The van der Waals surface area contributed by atoms with Crippen molar-refractivity contribution in [1.82, 2.24) is 10.2 Å². The number of carbonyl (C=O) groups excluding carboxylic acids is 1. The van der Waals surface area contributed by atoms with Gasteiger partial charge < -0.3 is 5.32 Å². The first-order valence-electron chi connectivity index (χ1n) is 7.50. The first-order valence-corrected chi connectivity index (χ1v) is 9.30. The number of anilines is 1. The molecule has 0 saturated heterocycles. The Hall–Kier alpha value is -2.18. The number of thioether (sulfide) groups is 1. The molecule has 0 unspecified atom stereocenters. The molecule has 0 aliphatic rings. The molecule has 6 heteroatoms. The minimum absolute atomic E-state index is 0.0976. The highest BCUT2D eigenvalue weighted by Crippen LogP contribution is 2.25. The molecule has 3 rings (SSSR count). The Kier molecular flexibility index (Phi) is 5.27. The number of benzene rings is 2. The zero-order valence-corrected chi connectivity index (χ0v) is 15.1. The number of nitrogens with zero attached hydrogens (tertiary/aromatic N) is 2. The molecule has 0 fully saturated rings. The summed E-state index contributed by atoms with van der Waals surface area (Å²) in [4.78, 5) is 12.3. The van der Waals surface area contributed by atoms with Crippen LogP contribution in [0, 0.1) is 13.8 Å². The standard InChI is InChI=1S/C18H17N3OS2/c1-12-4-3-5-16(10-12)19-17(22)15-8-6-14(7-9-15)11-23-18-21-20-13(2)24-18/h3-10H,11H2,1-2H3,(H,19,22). The van der Waals surface area contributed by atoms with E-state index >= 15 is 0 Å². The molecule has 0 saturated carbocycles. The van der Waals surface area contributed by atoms with Gasteiger partial charge in [0.25, 0.3) is 5.91 Å². The van der Waals surface area contributed by atoms with Gasteiger partial charge in [-0.05, 0) is 49.2 Å². The number of aryl methyl sites for hydroxylation is 2. The van der Waals surface area contributed by atoms with E-state index in [1.165, 1.54) is 0 Å². The molecule has 1 heterocycles. The third-order valence-electron chi connectivity index (χ3n) is 3.36. The highest BCUT2D eigenvalue weighted by molar-refractivity contribution is 8.00. The Labute approximate surface area is 149 Å². The lowest BCUT2D eigenvalue weighted by Crippen LogP contribution is -2.11. The van der Waals surface area contributed by atoms with E-state index < -0.39 is 0 Å². The fourth-order valence-electron chi connectivity index (χ4n) is 2.16. The molecule has 0 radical (unpaired) electrons. The van der Waals surface area contributed by atoms with Gasteiger partial charge in [-0.15, -0.1) is 10.2 Å². The zero-order chi connectivity index (χ0) is 16.9. The maximum atomic E-state index is 12.3. The van der Waals surface area contributed by atoms with E-state index in [2.05, 4.69) is 15.5 Å². The highest BCUT2D eigenvalue weighted by Gasteiger charge is 2.07. The van der Waals surface area contributed by atoms with Gasteiger partial charge in [0.2, 0.25) is 0 Å². The summed E-state index contributed by atoms with van der Waals surface area (Å²) in [5.41, 5.74) is 3.73. The van der Waals surface area contributed by atoms with Crippen molar-refractivity contribution in [2.45, 2.75) is 23.9 Å². The summed E-state index contributed by atoms with van der Waals surface area (Å²) >= 11 is 3.25. The van der Waals surface area contributed by atoms with Crippen molar-refractivity contribution in [1.29, 1.82) is 0 Å². The summed E-state index contributed by atoms with van der Waals surface area (Å²) in [5, 5.41) is 12.0. The molecule has 1 amide bonds. The molecular formula is C18H17N3OS2. The first-order chi connectivity index (χ1) is 11.6. The molecule has 0 bridgehead atoms. The van der Waals surface area contributed by atoms with Gasteiger partial charge in [0.15, 0.2) is 4.34 Å². The molecule has 3 aromatic rings. The number of hydrogen-bond donors (Lipinski definition) is 1. The summed E-state index contributed by atoms with van der Waals surface area (Å²) < 4.78 is 0.966. The van der Waals surface area contributed by atoms with Crippen molar-refractivity contribution in [3.05, 3.63) is 70.2 Å². The molecule has 24 heavy (non-hydrogen) atoms. The van der Waals surface area contributed by atoms with E-state index in [1.54, 1.807) is 23.1 Å². The second-order valence-electron chi connectivity index (χ2n) is 5.40. The molecule has 4 nitrogen and oxygen atoms in total.